The van der Waals surface area contributed by atoms with Crippen molar-refractivity contribution in [2.24, 2.45) is 0 Å². The molecule has 1 aliphatic rings. The van der Waals surface area contributed by atoms with Crippen molar-refractivity contribution in [3.63, 3.8) is 0 Å². The van der Waals surface area contributed by atoms with Gasteiger partial charge in [0.15, 0.2) is 0 Å². The number of aromatic nitrogens is 1. The van der Waals surface area contributed by atoms with Gasteiger partial charge in [-0.25, -0.2) is 4.98 Å². The number of pyridine rings is 1. The van der Waals surface area contributed by atoms with Crippen molar-refractivity contribution >= 4 is 11.7 Å². The summed E-state index contributed by atoms with van der Waals surface area (Å²) >= 11 is 0. The molecule has 1 aromatic heterocycles. The van der Waals surface area contributed by atoms with Crippen molar-refractivity contribution in [2.75, 3.05) is 18.0 Å². The van der Waals surface area contributed by atoms with Crippen molar-refractivity contribution in [1.29, 1.82) is 0 Å². The molecular formula is C20H25N3O2. The Bertz CT molecular complexity index is 682. The summed E-state index contributed by atoms with van der Waals surface area (Å²) in [6, 6.07) is 13.1. The zero-order valence-corrected chi connectivity index (χ0v) is 14.6. The molecule has 1 aromatic carbocycles. The van der Waals surface area contributed by atoms with E-state index in [-0.39, 0.29) is 11.9 Å². The molecule has 2 unspecified atom stereocenters. The van der Waals surface area contributed by atoms with Gasteiger partial charge in [0.1, 0.15) is 5.82 Å². The molecule has 5 nitrogen and oxygen atoms in total. The molecular weight excluding hydrogens is 314 g/mol. The Morgan fingerprint density at radius 1 is 1.20 bits per heavy atom. The Labute approximate surface area is 148 Å². The molecule has 132 valence electrons. The van der Waals surface area contributed by atoms with Crippen LogP contribution in [0.2, 0.25) is 0 Å². The van der Waals surface area contributed by atoms with Crippen LogP contribution in [-0.2, 0) is 0 Å². The largest absolute Gasteiger partial charge is 0.388 e. The maximum atomic E-state index is 12.4. The lowest BCUT2D eigenvalue weighted by molar-refractivity contribution is 0.0916. The van der Waals surface area contributed by atoms with Crippen LogP contribution in [0.5, 0.6) is 0 Å². The Kier molecular flexibility index (Phi) is 5.66. The molecule has 0 saturated carbocycles. The van der Waals surface area contributed by atoms with E-state index in [1.165, 1.54) is 12.8 Å². The second-order valence-corrected chi connectivity index (χ2v) is 6.64. The molecule has 3 rings (SSSR count). The Morgan fingerprint density at radius 2 is 1.92 bits per heavy atom. The standard InChI is InChI=1S/C20H25N3O2/c1-15(13-18(24)16-7-3-2-4-8-16)22-20(25)17-9-10-19(21-14-17)23-11-5-6-12-23/h2-4,7-10,14-15,18,24H,5-6,11-13H2,1H3,(H,22,25). The summed E-state index contributed by atoms with van der Waals surface area (Å²) in [5.74, 6) is 0.773. The van der Waals surface area contributed by atoms with Gasteiger partial charge in [-0.05, 0) is 43.9 Å². The minimum absolute atomic E-state index is 0.138. The van der Waals surface area contributed by atoms with E-state index >= 15 is 0 Å². The summed E-state index contributed by atoms with van der Waals surface area (Å²) in [5, 5.41) is 13.2. The molecule has 2 atom stereocenters. The van der Waals surface area contributed by atoms with Gasteiger partial charge in [0.2, 0.25) is 0 Å². The summed E-state index contributed by atoms with van der Waals surface area (Å²) in [6.07, 6.45) is 3.90. The number of hydrogen-bond donors (Lipinski definition) is 2. The number of nitrogens with one attached hydrogen (secondary N) is 1. The molecule has 2 aromatic rings. The van der Waals surface area contributed by atoms with Crippen LogP contribution in [0.4, 0.5) is 5.82 Å². The highest BCUT2D eigenvalue weighted by Crippen LogP contribution is 2.19. The average Bonchev–Trinajstić information content (AvgIpc) is 3.17. The van der Waals surface area contributed by atoms with E-state index in [1.54, 1.807) is 6.20 Å². The first kappa shape index (κ1) is 17.4. The van der Waals surface area contributed by atoms with Gasteiger partial charge in [0.05, 0.1) is 11.7 Å². The van der Waals surface area contributed by atoms with Crippen LogP contribution in [0.3, 0.4) is 0 Å². The zero-order valence-electron chi connectivity index (χ0n) is 14.6. The number of aliphatic hydroxyl groups excluding tert-OH is 1. The molecule has 1 aliphatic heterocycles. The third-order valence-electron chi connectivity index (χ3n) is 4.58. The molecule has 1 fully saturated rings. The number of hydrogen-bond acceptors (Lipinski definition) is 4. The fourth-order valence-corrected chi connectivity index (χ4v) is 3.17. The van der Waals surface area contributed by atoms with E-state index in [9.17, 15) is 9.90 Å². The van der Waals surface area contributed by atoms with Gasteiger partial charge in [-0.3, -0.25) is 4.79 Å². The van der Waals surface area contributed by atoms with E-state index in [0.717, 1.165) is 24.5 Å². The average molecular weight is 339 g/mol. The SMILES string of the molecule is CC(CC(O)c1ccccc1)NC(=O)c1ccc(N2CCCC2)nc1. The third kappa shape index (κ3) is 4.57. The fraction of sp³-hybridized carbons (Fsp3) is 0.400. The third-order valence-corrected chi connectivity index (χ3v) is 4.58. The predicted molar refractivity (Wildman–Crippen MR) is 98.6 cm³/mol. The van der Waals surface area contributed by atoms with E-state index in [2.05, 4.69) is 15.2 Å². The number of carbonyl (C=O) groups excluding carboxylic acids is 1. The van der Waals surface area contributed by atoms with E-state index in [4.69, 9.17) is 0 Å². The summed E-state index contributed by atoms with van der Waals surface area (Å²) in [5.41, 5.74) is 1.41. The molecule has 0 spiro atoms. The Morgan fingerprint density at radius 3 is 2.56 bits per heavy atom. The van der Waals surface area contributed by atoms with Gasteiger partial charge in [-0.2, -0.15) is 0 Å². The summed E-state index contributed by atoms with van der Waals surface area (Å²) in [7, 11) is 0. The smallest absolute Gasteiger partial charge is 0.253 e. The first-order valence-electron chi connectivity index (χ1n) is 8.88. The van der Waals surface area contributed by atoms with Crippen LogP contribution < -0.4 is 10.2 Å². The van der Waals surface area contributed by atoms with Crippen LogP contribution >= 0.6 is 0 Å². The van der Waals surface area contributed by atoms with Crippen molar-refractivity contribution in [2.45, 2.75) is 38.3 Å². The number of anilines is 1. The van der Waals surface area contributed by atoms with Gasteiger partial charge in [0.25, 0.3) is 5.91 Å². The quantitative estimate of drug-likeness (QED) is 0.849. The van der Waals surface area contributed by atoms with Crippen LogP contribution in [0.25, 0.3) is 0 Å². The Hall–Kier alpha value is -2.40. The van der Waals surface area contributed by atoms with Gasteiger partial charge < -0.3 is 15.3 Å². The van der Waals surface area contributed by atoms with Gasteiger partial charge >= 0.3 is 0 Å². The van der Waals surface area contributed by atoms with Crippen molar-refractivity contribution in [3.8, 4) is 0 Å². The second-order valence-electron chi connectivity index (χ2n) is 6.64. The lowest BCUT2D eigenvalue weighted by atomic mass is 10.0. The number of rotatable bonds is 6. The minimum Gasteiger partial charge on any atom is -0.388 e. The first-order chi connectivity index (χ1) is 12.1. The predicted octanol–water partition coefficient (Wildman–Crippen LogP) is 2.92. The highest BCUT2D eigenvalue weighted by Gasteiger charge is 2.17. The molecule has 0 aliphatic carbocycles. The van der Waals surface area contributed by atoms with Crippen molar-refractivity contribution in [1.82, 2.24) is 10.3 Å². The van der Waals surface area contributed by atoms with Crippen molar-refractivity contribution < 1.29 is 9.90 Å². The van der Waals surface area contributed by atoms with Crippen molar-refractivity contribution in [3.05, 3.63) is 59.8 Å². The number of nitrogens with zero attached hydrogens (tertiary/aromatic N) is 2. The lowest BCUT2D eigenvalue weighted by Crippen LogP contribution is -2.33. The second kappa shape index (κ2) is 8.12. The molecule has 1 saturated heterocycles. The summed E-state index contributed by atoms with van der Waals surface area (Å²) in [6.45, 7) is 3.97. The molecule has 2 heterocycles. The van der Waals surface area contributed by atoms with Crippen LogP contribution in [-0.4, -0.2) is 35.1 Å². The maximum Gasteiger partial charge on any atom is 0.253 e. The highest BCUT2D eigenvalue weighted by atomic mass is 16.3. The van der Waals surface area contributed by atoms with Gasteiger partial charge in [-0.15, -0.1) is 0 Å². The molecule has 0 bridgehead atoms. The Balaban J connectivity index is 1.54. The summed E-state index contributed by atoms with van der Waals surface area (Å²) < 4.78 is 0. The van der Waals surface area contributed by atoms with E-state index in [1.807, 2.05) is 49.4 Å². The number of aliphatic hydroxyl groups is 1. The lowest BCUT2D eigenvalue weighted by Gasteiger charge is -2.19. The normalized spacial score (nSPS) is 16.5. The number of benzene rings is 1. The first-order valence-corrected chi connectivity index (χ1v) is 8.88. The van der Waals surface area contributed by atoms with E-state index < -0.39 is 6.10 Å². The molecule has 1 amide bonds. The summed E-state index contributed by atoms with van der Waals surface area (Å²) in [4.78, 5) is 19.0. The number of carbonyl (C=O) groups is 1. The molecule has 2 N–H and O–H groups in total. The van der Waals surface area contributed by atoms with Crippen LogP contribution in [0.15, 0.2) is 48.7 Å². The fourth-order valence-electron chi connectivity index (χ4n) is 3.17. The highest BCUT2D eigenvalue weighted by molar-refractivity contribution is 5.94. The monoisotopic (exact) mass is 339 g/mol. The van der Waals surface area contributed by atoms with E-state index in [0.29, 0.717) is 12.0 Å². The number of amides is 1. The topological polar surface area (TPSA) is 65.5 Å². The maximum absolute atomic E-state index is 12.4. The zero-order chi connectivity index (χ0) is 17.6. The molecule has 0 radical (unpaired) electrons. The van der Waals surface area contributed by atoms with Crippen LogP contribution in [0.1, 0.15) is 48.2 Å². The van der Waals surface area contributed by atoms with Gasteiger partial charge in [0, 0.05) is 25.3 Å². The minimum atomic E-state index is -0.591. The molecule has 5 heteroatoms. The van der Waals surface area contributed by atoms with Gasteiger partial charge in [-0.1, -0.05) is 30.3 Å². The van der Waals surface area contributed by atoms with Crippen LogP contribution in [0, 0.1) is 0 Å². The molecule has 25 heavy (non-hydrogen) atoms.